The van der Waals surface area contributed by atoms with Gasteiger partial charge in [-0.3, -0.25) is 0 Å². The van der Waals surface area contributed by atoms with Gasteiger partial charge in [-0.2, -0.15) is 13.2 Å². The molecule has 0 saturated heterocycles. The van der Waals surface area contributed by atoms with Crippen molar-refractivity contribution in [2.45, 2.75) is 83.4 Å². The average molecular weight is 919 g/mol. The van der Waals surface area contributed by atoms with Gasteiger partial charge in [0.25, 0.3) is 0 Å². The van der Waals surface area contributed by atoms with Gasteiger partial charge < -0.3 is 63.2 Å². The number of nitrogen functional groups attached to an aromatic ring is 1. The van der Waals surface area contributed by atoms with Crippen LogP contribution in [0.5, 0.6) is 0 Å². The van der Waals surface area contributed by atoms with Crippen LogP contribution in [0.1, 0.15) is 76.7 Å². The van der Waals surface area contributed by atoms with Crippen molar-refractivity contribution in [1.29, 1.82) is 0 Å². The van der Waals surface area contributed by atoms with Gasteiger partial charge in [-0.05, 0) is 74.3 Å². The summed E-state index contributed by atoms with van der Waals surface area (Å²) < 4.78 is 96.2. The summed E-state index contributed by atoms with van der Waals surface area (Å²) in [6.45, 7) is 11.8. The summed E-state index contributed by atoms with van der Waals surface area (Å²) in [7, 11) is 0. The molecule has 2 rings (SSSR count). The highest BCUT2D eigenvalue weighted by Crippen LogP contribution is 2.17. The van der Waals surface area contributed by atoms with Crippen LogP contribution in [0.25, 0.3) is 6.08 Å². The lowest BCUT2D eigenvalue weighted by molar-refractivity contribution is -0.176. The Bertz CT molecular complexity index is 1270. The molecule has 0 aliphatic carbocycles. The minimum atomic E-state index is -4.31. The normalized spacial score (nSPS) is 17.3. The molecule has 1 aromatic carbocycles. The summed E-state index contributed by atoms with van der Waals surface area (Å²) in [5, 5.41) is 3.59. The summed E-state index contributed by atoms with van der Waals surface area (Å²) in [4.78, 5) is 0. The summed E-state index contributed by atoms with van der Waals surface area (Å²) in [6, 6.07) is 8.18. The number of allylic oxidation sites excluding steroid dienone is 2. The number of benzene rings is 1. The van der Waals surface area contributed by atoms with Crippen LogP contribution in [0.15, 0.2) is 54.3 Å². The van der Waals surface area contributed by atoms with E-state index in [0.717, 1.165) is 94.7 Å². The predicted octanol–water partition coefficient (Wildman–Crippen LogP) is 7.98. The standard InChI is InChI=1S/C48H81F3N2O11/c1-43-40-46(18-15-44-13-16-45(52)17-14-44)53-19-11-12-47(41-43)64-39-38-57-23-10-6-9-22-56-26-29-59-31-33-61-32-30-58-27-24-54-20-7-4-2-3-5-8-21-55-25-28-60-34-35-62-36-37-63-42-48(49,50)51/h11-18,41,43,46,53H,2-10,19-40,42,52H2,1H3/b12-11-,18-15+,47-41+. The van der Waals surface area contributed by atoms with Gasteiger partial charge in [-0.1, -0.05) is 63.0 Å². The van der Waals surface area contributed by atoms with E-state index in [4.69, 9.17) is 53.1 Å². The smallest absolute Gasteiger partial charge is 0.411 e. The highest BCUT2D eigenvalue weighted by Gasteiger charge is 2.27. The Morgan fingerprint density at radius 3 is 1.39 bits per heavy atom. The van der Waals surface area contributed by atoms with Crippen molar-refractivity contribution in [1.82, 2.24) is 5.32 Å². The lowest BCUT2D eigenvalue weighted by Gasteiger charge is -2.16. The largest absolute Gasteiger partial charge is 0.492 e. The van der Waals surface area contributed by atoms with Crippen LogP contribution in [0.4, 0.5) is 18.9 Å². The first-order chi connectivity index (χ1) is 31.3. The Kier molecular flexibility index (Phi) is 37.6. The van der Waals surface area contributed by atoms with Gasteiger partial charge >= 0.3 is 6.18 Å². The molecule has 0 radical (unpaired) electrons. The fourth-order valence-electron chi connectivity index (χ4n) is 6.21. The molecule has 0 aromatic heterocycles. The van der Waals surface area contributed by atoms with E-state index in [9.17, 15) is 13.2 Å². The molecule has 1 aliphatic heterocycles. The maximum absolute atomic E-state index is 11.9. The van der Waals surface area contributed by atoms with Gasteiger partial charge in [0.2, 0.25) is 0 Å². The first-order valence-electron chi connectivity index (χ1n) is 23.4. The van der Waals surface area contributed by atoms with E-state index in [1.54, 1.807) is 0 Å². The van der Waals surface area contributed by atoms with Gasteiger partial charge in [-0.15, -0.1) is 0 Å². The number of nitrogens with two attached hydrogens (primary N) is 1. The minimum Gasteiger partial charge on any atom is -0.492 e. The molecular weight excluding hydrogens is 838 g/mol. The van der Waals surface area contributed by atoms with Crippen molar-refractivity contribution in [2.24, 2.45) is 5.92 Å². The maximum Gasteiger partial charge on any atom is 0.411 e. The first kappa shape index (κ1) is 57.5. The number of anilines is 1. The third kappa shape index (κ3) is 38.6. The van der Waals surface area contributed by atoms with E-state index in [1.165, 1.54) is 12.8 Å². The fraction of sp³-hybridized carbons (Fsp3) is 0.750. The van der Waals surface area contributed by atoms with Gasteiger partial charge in [0.15, 0.2) is 0 Å². The monoisotopic (exact) mass is 919 g/mol. The molecule has 64 heavy (non-hydrogen) atoms. The molecule has 13 nitrogen and oxygen atoms in total. The zero-order chi connectivity index (χ0) is 45.9. The number of nitrogens with one attached hydrogen (secondary N) is 1. The van der Waals surface area contributed by atoms with E-state index < -0.39 is 12.8 Å². The third-order valence-corrected chi connectivity index (χ3v) is 9.58. The average Bonchev–Trinajstić information content (AvgIpc) is 3.36. The number of hydrogen-bond acceptors (Lipinski definition) is 13. The second-order valence-corrected chi connectivity index (χ2v) is 15.4. The molecule has 1 aromatic rings. The topological polar surface area (TPSA) is 140 Å². The maximum atomic E-state index is 11.9. The molecule has 0 amide bonds. The molecule has 0 bridgehead atoms. The van der Waals surface area contributed by atoms with E-state index in [1.807, 2.05) is 30.3 Å². The molecule has 0 spiro atoms. The van der Waals surface area contributed by atoms with Crippen LogP contribution >= 0.6 is 0 Å². The fourth-order valence-corrected chi connectivity index (χ4v) is 6.21. The van der Waals surface area contributed by atoms with Crippen molar-refractivity contribution >= 4 is 11.8 Å². The van der Waals surface area contributed by atoms with Crippen LogP contribution < -0.4 is 11.1 Å². The predicted molar refractivity (Wildman–Crippen MR) is 244 cm³/mol. The van der Waals surface area contributed by atoms with E-state index in [0.29, 0.717) is 105 Å². The van der Waals surface area contributed by atoms with Crippen molar-refractivity contribution in [2.75, 3.05) is 151 Å². The molecule has 2 unspecified atom stereocenters. The Labute approximate surface area is 381 Å². The van der Waals surface area contributed by atoms with E-state index in [2.05, 4.69) is 41.3 Å². The van der Waals surface area contributed by atoms with E-state index >= 15 is 0 Å². The molecule has 0 fully saturated rings. The van der Waals surface area contributed by atoms with Crippen molar-refractivity contribution in [3.05, 3.63) is 59.9 Å². The SMILES string of the molecule is CC1/C=C(OCCOCCCCCOCCOCCOCCOCCOCCCCCCCCOCCOCCOCCOCC(F)(F)F)\C=C/CNC(/C=C/c2ccc(N)cc2)C1. The Morgan fingerprint density at radius 1 is 0.547 bits per heavy atom. The molecule has 2 atom stereocenters. The minimum absolute atomic E-state index is 0.0929. The summed E-state index contributed by atoms with van der Waals surface area (Å²) >= 11 is 0. The molecule has 16 heteroatoms. The summed E-state index contributed by atoms with van der Waals surface area (Å²) in [6.07, 6.45) is 17.1. The third-order valence-electron chi connectivity index (χ3n) is 9.58. The molecule has 1 aliphatic rings. The Balaban J connectivity index is 1.21. The van der Waals surface area contributed by atoms with Gasteiger partial charge in [0.05, 0.1) is 99.1 Å². The number of halogens is 3. The lowest BCUT2D eigenvalue weighted by atomic mass is 10.00. The van der Waals surface area contributed by atoms with Crippen molar-refractivity contribution in [3.8, 4) is 0 Å². The van der Waals surface area contributed by atoms with Crippen LogP contribution in [0.2, 0.25) is 0 Å². The molecule has 1 heterocycles. The second-order valence-electron chi connectivity index (χ2n) is 15.4. The van der Waals surface area contributed by atoms with Crippen molar-refractivity contribution in [3.63, 3.8) is 0 Å². The van der Waals surface area contributed by atoms with Gasteiger partial charge in [-0.25, -0.2) is 0 Å². The highest BCUT2D eigenvalue weighted by molar-refractivity contribution is 5.53. The van der Waals surface area contributed by atoms with Crippen LogP contribution in [-0.2, 0) is 52.1 Å². The first-order valence-corrected chi connectivity index (χ1v) is 23.4. The number of rotatable bonds is 43. The highest BCUT2D eigenvalue weighted by atomic mass is 19.4. The second kappa shape index (κ2) is 41.8. The number of hydrogen-bond donors (Lipinski definition) is 2. The Morgan fingerprint density at radius 2 is 0.938 bits per heavy atom. The molecule has 0 saturated carbocycles. The van der Waals surface area contributed by atoms with Crippen LogP contribution in [-0.4, -0.2) is 158 Å². The van der Waals surface area contributed by atoms with Crippen molar-refractivity contribution < 1.29 is 65.3 Å². The lowest BCUT2D eigenvalue weighted by Crippen LogP contribution is -2.28. The van der Waals surface area contributed by atoms with Crippen LogP contribution in [0.3, 0.4) is 0 Å². The molecular formula is C48H81F3N2O11. The Hall–Kier alpha value is -2.61. The zero-order valence-corrected chi connectivity index (χ0v) is 38.7. The zero-order valence-electron chi connectivity index (χ0n) is 38.7. The van der Waals surface area contributed by atoms with Gasteiger partial charge in [0.1, 0.15) is 19.0 Å². The summed E-state index contributed by atoms with van der Waals surface area (Å²) in [5.74, 6) is 1.26. The van der Waals surface area contributed by atoms with Gasteiger partial charge in [0, 0.05) is 44.7 Å². The van der Waals surface area contributed by atoms with E-state index in [-0.39, 0.29) is 19.3 Å². The number of alkyl halides is 3. The summed E-state index contributed by atoms with van der Waals surface area (Å²) in [5.41, 5.74) is 7.72. The molecule has 3 N–H and O–H groups in total. The quantitative estimate of drug-likeness (QED) is 0.0484. The number of ether oxygens (including phenoxy) is 11. The number of unbranched alkanes of at least 4 members (excludes halogenated alkanes) is 7. The van der Waals surface area contributed by atoms with Crippen LogP contribution in [0, 0.1) is 5.92 Å². The molecule has 370 valence electrons.